The minimum Gasteiger partial charge on any atom is -0.480 e. The molecule has 94 valence electrons. The summed E-state index contributed by atoms with van der Waals surface area (Å²) in [5.41, 5.74) is 0.909. The summed E-state index contributed by atoms with van der Waals surface area (Å²) in [4.78, 5) is 19.1. The summed E-state index contributed by atoms with van der Waals surface area (Å²) in [5.74, 6) is 0.663. The van der Waals surface area contributed by atoms with Crippen LogP contribution in [-0.4, -0.2) is 30.5 Å². The summed E-state index contributed by atoms with van der Waals surface area (Å²) >= 11 is 0. The zero-order valence-corrected chi connectivity index (χ0v) is 10.5. The monoisotopic (exact) mass is 238 g/mol. The molecule has 0 radical (unpaired) electrons. The molecule has 5 nitrogen and oxygen atoms in total. The van der Waals surface area contributed by atoms with Gasteiger partial charge in [-0.2, -0.15) is 0 Å². The van der Waals surface area contributed by atoms with Crippen LogP contribution in [-0.2, 0) is 6.42 Å². The second-order valence-electron chi connectivity index (χ2n) is 3.65. The van der Waals surface area contributed by atoms with Crippen molar-refractivity contribution in [2.75, 3.05) is 14.2 Å². The molecule has 0 saturated heterocycles. The van der Waals surface area contributed by atoms with Crippen molar-refractivity contribution in [2.45, 2.75) is 32.6 Å². The van der Waals surface area contributed by atoms with Crippen LogP contribution in [0.25, 0.3) is 0 Å². The number of rotatable bonds is 7. The second-order valence-corrected chi connectivity index (χ2v) is 3.65. The quantitative estimate of drug-likeness (QED) is 0.537. The topological polar surface area (TPSA) is 61.3 Å². The standard InChI is InChI=1S/C12H18N2O3/c1-4-5-6-7-9-11(16-2)14-10(8-15)12(13-9)17-3/h8H,4-7H2,1-3H3. The van der Waals surface area contributed by atoms with Crippen molar-refractivity contribution in [1.29, 1.82) is 0 Å². The zero-order chi connectivity index (χ0) is 12.7. The van der Waals surface area contributed by atoms with Gasteiger partial charge in [0.2, 0.25) is 11.8 Å². The van der Waals surface area contributed by atoms with E-state index >= 15 is 0 Å². The Bertz CT molecular complexity index is 380. The van der Waals surface area contributed by atoms with Crippen molar-refractivity contribution in [3.63, 3.8) is 0 Å². The Morgan fingerprint density at radius 3 is 2.35 bits per heavy atom. The molecule has 0 aliphatic carbocycles. The average molecular weight is 238 g/mol. The third-order valence-corrected chi connectivity index (χ3v) is 2.44. The van der Waals surface area contributed by atoms with Gasteiger partial charge in [-0.25, -0.2) is 9.97 Å². The van der Waals surface area contributed by atoms with Crippen molar-refractivity contribution in [3.8, 4) is 11.8 Å². The molecule has 0 saturated carbocycles. The van der Waals surface area contributed by atoms with Crippen LogP contribution in [0.15, 0.2) is 0 Å². The van der Waals surface area contributed by atoms with Crippen LogP contribution in [0.3, 0.4) is 0 Å². The van der Waals surface area contributed by atoms with Crippen LogP contribution in [0, 0.1) is 0 Å². The summed E-state index contributed by atoms with van der Waals surface area (Å²) in [6.07, 6.45) is 4.68. The first-order chi connectivity index (χ1) is 8.26. The lowest BCUT2D eigenvalue weighted by Crippen LogP contribution is -2.05. The summed E-state index contributed by atoms with van der Waals surface area (Å²) in [6.45, 7) is 2.14. The molecular formula is C12H18N2O3. The molecule has 1 heterocycles. The smallest absolute Gasteiger partial charge is 0.243 e. The fourth-order valence-electron chi connectivity index (χ4n) is 1.55. The number of aryl methyl sites for hydroxylation is 1. The number of hydrogen-bond donors (Lipinski definition) is 0. The van der Waals surface area contributed by atoms with Gasteiger partial charge >= 0.3 is 0 Å². The van der Waals surface area contributed by atoms with Crippen LogP contribution < -0.4 is 9.47 Å². The number of hydrogen-bond acceptors (Lipinski definition) is 5. The number of carbonyl (C=O) groups is 1. The highest BCUT2D eigenvalue weighted by atomic mass is 16.5. The van der Waals surface area contributed by atoms with Crippen molar-refractivity contribution >= 4 is 6.29 Å². The van der Waals surface area contributed by atoms with E-state index < -0.39 is 0 Å². The van der Waals surface area contributed by atoms with Gasteiger partial charge in [0.25, 0.3) is 0 Å². The molecular weight excluding hydrogens is 220 g/mol. The molecule has 1 aromatic heterocycles. The van der Waals surface area contributed by atoms with E-state index in [1.807, 2.05) is 0 Å². The van der Waals surface area contributed by atoms with Crippen molar-refractivity contribution < 1.29 is 14.3 Å². The molecule has 0 aliphatic heterocycles. The number of nitrogens with zero attached hydrogens (tertiary/aromatic N) is 2. The summed E-state index contributed by atoms with van der Waals surface area (Å²) in [5, 5.41) is 0. The van der Waals surface area contributed by atoms with Gasteiger partial charge in [0, 0.05) is 0 Å². The zero-order valence-electron chi connectivity index (χ0n) is 10.5. The molecule has 0 amide bonds. The molecule has 0 atom stereocenters. The lowest BCUT2D eigenvalue weighted by Gasteiger charge is -2.09. The first-order valence-electron chi connectivity index (χ1n) is 5.70. The lowest BCUT2D eigenvalue weighted by molar-refractivity contribution is 0.111. The maximum Gasteiger partial charge on any atom is 0.243 e. The summed E-state index contributed by atoms with van der Waals surface area (Å²) in [6, 6.07) is 0. The Hall–Kier alpha value is -1.65. The van der Waals surface area contributed by atoms with Crippen molar-refractivity contribution in [3.05, 3.63) is 11.4 Å². The van der Waals surface area contributed by atoms with Gasteiger partial charge in [-0.1, -0.05) is 19.8 Å². The van der Waals surface area contributed by atoms with E-state index in [0.717, 1.165) is 31.4 Å². The van der Waals surface area contributed by atoms with E-state index in [4.69, 9.17) is 9.47 Å². The Morgan fingerprint density at radius 2 is 1.82 bits per heavy atom. The van der Waals surface area contributed by atoms with Gasteiger partial charge in [0.05, 0.1) is 14.2 Å². The van der Waals surface area contributed by atoms with Crippen LogP contribution >= 0.6 is 0 Å². The van der Waals surface area contributed by atoms with Gasteiger partial charge in [-0.3, -0.25) is 4.79 Å². The molecule has 0 N–H and O–H groups in total. The van der Waals surface area contributed by atoms with Crippen molar-refractivity contribution in [2.24, 2.45) is 0 Å². The molecule has 0 unspecified atom stereocenters. The fourth-order valence-corrected chi connectivity index (χ4v) is 1.55. The molecule has 0 aromatic carbocycles. The Morgan fingerprint density at radius 1 is 1.12 bits per heavy atom. The Kier molecular flexibility index (Phi) is 5.39. The number of methoxy groups -OCH3 is 2. The number of unbranched alkanes of at least 4 members (excludes halogenated alkanes) is 2. The first-order valence-corrected chi connectivity index (χ1v) is 5.70. The maximum atomic E-state index is 10.8. The minimum absolute atomic E-state index is 0.170. The molecule has 0 fully saturated rings. The van der Waals surface area contributed by atoms with Crippen LogP contribution in [0.5, 0.6) is 11.8 Å². The highest BCUT2D eigenvalue weighted by Gasteiger charge is 2.13. The number of carbonyl (C=O) groups excluding carboxylic acids is 1. The predicted octanol–water partition coefficient (Wildman–Crippen LogP) is 2.04. The van der Waals surface area contributed by atoms with E-state index in [1.165, 1.54) is 14.2 Å². The highest BCUT2D eigenvalue weighted by Crippen LogP contribution is 2.21. The largest absolute Gasteiger partial charge is 0.480 e. The third-order valence-electron chi connectivity index (χ3n) is 2.44. The maximum absolute atomic E-state index is 10.8. The fraction of sp³-hybridized carbons (Fsp3) is 0.583. The average Bonchev–Trinajstić information content (AvgIpc) is 2.38. The van der Waals surface area contributed by atoms with Gasteiger partial charge in [-0.05, 0) is 12.8 Å². The first kappa shape index (κ1) is 13.4. The second kappa shape index (κ2) is 6.83. The number of aromatic nitrogens is 2. The SMILES string of the molecule is CCCCCc1nc(OC)c(C=O)nc1OC. The van der Waals surface area contributed by atoms with Crippen LogP contribution in [0.2, 0.25) is 0 Å². The molecule has 0 bridgehead atoms. The van der Waals surface area contributed by atoms with Crippen LogP contribution in [0.1, 0.15) is 42.4 Å². The third kappa shape index (κ3) is 3.41. The number of aldehydes is 1. The Labute approximate surface area is 101 Å². The van der Waals surface area contributed by atoms with E-state index in [1.54, 1.807) is 0 Å². The molecule has 0 aliphatic rings. The summed E-state index contributed by atoms with van der Waals surface area (Å²) < 4.78 is 10.2. The highest BCUT2D eigenvalue weighted by molar-refractivity contribution is 5.75. The van der Waals surface area contributed by atoms with E-state index in [0.29, 0.717) is 12.2 Å². The van der Waals surface area contributed by atoms with Crippen LogP contribution in [0.4, 0.5) is 0 Å². The lowest BCUT2D eigenvalue weighted by atomic mass is 10.1. The molecule has 0 spiro atoms. The van der Waals surface area contributed by atoms with Crippen molar-refractivity contribution in [1.82, 2.24) is 9.97 Å². The van der Waals surface area contributed by atoms with E-state index in [9.17, 15) is 4.79 Å². The minimum atomic E-state index is 0.170. The molecule has 1 aromatic rings. The van der Waals surface area contributed by atoms with E-state index in [-0.39, 0.29) is 11.6 Å². The Balaban J connectivity index is 2.97. The predicted molar refractivity (Wildman–Crippen MR) is 63.8 cm³/mol. The normalized spacial score (nSPS) is 10.1. The molecule has 5 heteroatoms. The van der Waals surface area contributed by atoms with Gasteiger partial charge in [0.15, 0.2) is 12.0 Å². The summed E-state index contributed by atoms with van der Waals surface area (Å²) in [7, 11) is 2.99. The van der Waals surface area contributed by atoms with Gasteiger partial charge < -0.3 is 9.47 Å². The van der Waals surface area contributed by atoms with E-state index in [2.05, 4.69) is 16.9 Å². The van der Waals surface area contributed by atoms with Gasteiger partial charge in [-0.15, -0.1) is 0 Å². The molecule has 17 heavy (non-hydrogen) atoms. The van der Waals surface area contributed by atoms with Gasteiger partial charge in [0.1, 0.15) is 5.69 Å². The number of ether oxygens (including phenoxy) is 2. The molecule has 1 rings (SSSR count).